The fourth-order valence-electron chi connectivity index (χ4n) is 2.51. The normalized spacial score (nSPS) is 17.2. The Labute approximate surface area is 113 Å². The van der Waals surface area contributed by atoms with Crippen LogP contribution >= 0.6 is 0 Å². The molecule has 1 aromatic carbocycles. The molecule has 1 unspecified atom stereocenters. The zero-order chi connectivity index (χ0) is 13.1. The summed E-state index contributed by atoms with van der Waals surface area (Å²) in [6.45, 7) is 2.69. The standard InChI is InChI=1S/C15H19N3O/c1-18-9-8-17-15(18)6-7-16-10-12-11-19-14-5-3-2-4-13(12)14/h2-5,8-9,12,16H,6-7,10-11H2,1H3. The van der Waals surface area contributed by atoms with Crippen LogP contribution in [0.4, 0.5) is 0 Å². The van der Waals surface area contributed by atoms with Crippen LogP contribution in [0.2, 0.25) is 0 Å². The van der Waals surface area contributed by atoms with Crippen LogP contribution in [0.25, 0.3) is 0 Å². The first kappa shape index (κ1) is 12.2. The van der Waals surface area contributed by atoms with E-state index in [0.29, 0.717) is 5.92 Å². The second-order valence-corrected chi connectivity index (χ2v) is 4.95. The molecule has 2 aromatic rings. The molecule has 0 saturated heterocycles. The molecule has 100 valence electrons. The van der Waals surface area contributed by atoms with Crippen LogP contribution in [0.5, 0.6) is 5.75 Å². The van der Waals surface area contributed by atoms with Crippen molar-refractivity contribution in [3.05, 3.63) is 48.0 Å². The molecule has 1 aliphatic rings. The maximum Gasteiger partial charge on any atom is 0.122 e. The van der Waals surface area contributed by atoms with Gasteiger partial charge in [-0.15, -0.1) is 0 Å². The molecule has 0 radical (unpaired) electrons. The number of ether oxygens (including phenoxy) is 1. The van der Waals surface area contributed by atoms with Gasteiger partial charge in [0.05, 0.1) is 6.61 Å². The average molecular weight is 257 g/mol. The van der Waals surface area contributed by atoms with Gasteiger partial charge in [-0.3, -0.25) is 0 Å². The van der Waals surface area contributed by atoms with Crippen LogP contribution in [-0.2, 0) is 13.5 Å². The number of nitrogens with zero attached hydrogens (tertiary/aromatic N) is 2. The Balaban J connectivity index is 1.48. The minimum atomic E-state index is 0.470. The lowest BCUT2D eigenvalue weighted by Gasteiger charge is -2.10. The number of hydrogen-bond acceptors (Lipinski definition) is 3. The van der Waals surface area contributed by atoms with Gasteiger partial charge in [0.2, 0.25) is 0 Å². The van der Waals surface area contributed by atoms with E-state index in [1.165, 1.54) is 5.56 Å². The van der Waals surface area contributed by atoms with Crippen molar-refractivity contribution < 1.29 is 4.74 Å². The van der Waals surface area contributed by atoms with Crippen LogP contribution < -0.4 is 10.1 Å². The molecular weight excluding hydrogens is 238 g/mol. The minimum Gasteiger partial charge on any atom is -0.493 e. The van der Waals surface area contributed by atoms with Gasteiger partial charge in [-0.2, -0.15) is 0 Å². The van der Waals surface area contributed by atoms with Gasteiger partial charge in [0.25, 0.3) is 0 Å². The number of hydrogen-bond donors (Lipinski definition) is 1. The summed E-state index contributed by atoms with van der Waals surface area (Å²) in [6, 6.07) is 8.31. The minimum absolute atomic E-state index is 0.470. The molecule has 0 saturated carbocycles. The third-order valence-corrected chi connectivity index (χ3v) is 3.64. The Morgan fingerprint density at radius 1 is 1.42 bits per heavy atom. The molecule has 2 heterocycles. The maximum absolute atomic E-state index is 5.68. The first-order valence-corrected chi connectivity index (χ1v) is 6.73. The highest BCUT2D eigenvalue weighted by molar-refractivity contribution is 5.39. The van der Waals surface area contributed by atoms with E-state index in [4.69, 9.17) is 4.74 Å². The van der Waals surface area contributed by atoms with Gasteiger partial charge in [0, 0.05) is 50.4 Å². The summed E-state index contributed by atoms with van der Waals surface area (Å²) >= 11 is 0. The fraction of sp³-hybridized carbons (Fsp3) is 0.400. The topological polar surface area (TPSA) is 39.1 Å². The lowest BCUT2D eigenvalue weighted by Crippen LogP contribution is -2.25. The monoisotopic (exact) mass is 257 g/mol. The number of imidazole rings is 1. The van der Waals surface area contributed by atoms with Crippen molar-refractivity contribution in [3.8, 4) is 5.75 Å². The van der Waals surface area contributed by atoms with Crippen molar-refractivity contribution in [1.29, 1.82) is 0 Å². The Kier molecular flexibility index (Phi) is 3.51. The first-order chi connectivity index (χ1) is 9.34. The summed E-state index contributed by atoms with van der Waals surface area (Å²) in [5.41, 5.74) is 1.33. The second-order valence-electron chi connectivity index (χ2n) is 4.95. The predicted molar refractivity (Wildman–Crippen MR) is 74.5 cm³/mol. The number of para-hydroxylation sites is 1. The van der Waals surface area contributed by atoms with E-state index in [0.717, 1.165) is 37.7 Å². The summed E-state index contributed by atoms with van der Waals surface area (Å²) in [4.78, 5) is 4.32. The number of aryl methyl sites for hydroxylation is 1. The Bertz CT molecular complexity index is 550. The molecule has 0 bridgehead atoms. The number of nitrogens with one attached hydrogen (secondary N) is 1. The number of fused-ring (bicyclic) bond motifs is 1. The van der Waals surface area contributed by atoms with Crippen molar-refractivity contribution in [2.45, 2.75) is 12.3 Å². The lowest BCUT2D eigenvalue weighted by molar-refractivity contribution is 0.326. The molecule has 1 aromatic heterocycles. The zero-order valence-corrected chi connectivity index (χ0v) is 11.2. The molecule has 4 heteroatoms. The molecule has 1 N–H and O–H groups in total. The van der Waals surface area contributed by atoms with Crippen molar-refractivity contribution in [2.75, 3.05) is 19.7 Å². The highest BCUT2D eigenvalue weighted by Crippen LogP contribution is 2.32. The molecule has 0 amide bonds. The molecule has 19 heavy (non-hydrogen) atoms. The summed E-state index contributed by atoms with van der Waals surface area (Å²) < 4.78 is 7.74. The average Bonchev–Trinajstić information content (AvgIpc) is 3.02. The van der Waals surface area contributed by atoms with Crippen LogP contribution in [0.1, 0.15) is 17.3 Å². The zero-order valence-electron chi connectivity index (χ0n) is 11.2. The fourth-order valence-corrected chi connectivity index (χ4v) is 2.51. The number of rotatable bonds is 5. The second kappa shape index (κ2) is 5.45. The van der Waals surface area contributed by atoms with Gasteiger partial charge in [-0.05, 0) is 6.07 Å². The highest BCUT2D eigenvalue weighted by Gasteiger charge is 2.22. The SMILES string of the molecule is Cn1ccnc1CCNCC1COc2ccccc21. The molecular formula is C15H19N3O. The van der Waals surface area contributed by atoms with E-state index in [1.807, 2.05) is 31.6 Å². The smallest absolute Gasteiger partial charge is 0.122 e. The van der Waals surface area contributed by atoms with Crippen molar-refractivity contribution in [1.82, 2.24) is 14.9 Å². The van der Waals surface area contributed by atoms with Crippen LogP contribution in [0.3, 0.4) is 0 Å². The van der Waals surface area contributed by atoms with Crippen LogP contribution in [0.15, 0.2) is 36.7 Å². The largest absolute Gasteiger partial charge is 0.493 e. The maximum atomic E-state index is 5.68. The molecule has 0 spiro atoms. The Morgan fingerprint density at radius 3 is 3.16 bits per heavy atom. The third kappa shape index (κ3) is 2.63. The Morgan fingerprint density at radius 2 is 2.32 bits per heavy atom. The summed E-state index contributed by atoms with van der Waals surface area (Å²) in [7, 11) is 2.03. The number of aromatic nitrogens is 2. The van der Waals surface area contributed by atoms with Crippen molar-refractivity contribution in [3.63, 3.8) is 0 Å². The lowest BCUT2D eigenvalue weighted by atomic mass is 10.0. The van der Waals surface area contributed by atoms with Crippen molar-refractivity contribution in [2.24, 2.45) is 7.05 Å². The third-order valence-electron chi connectivity index (χ3n) is 3.64. The molecule has 3 rings (SSSR count). The first-order valence-electron chi connectivity index (χ1n) is 6.73. The van der Waals surface area contributed by atoms with E-state index < -0.39 is 0 Å². The molecule has 1 atom stereocenters. The van der Waals surface area contributed by atoms with Gasteiger partial charge in [0.1, 0.15) is 11.6 Å². The van der Waals surface area contributed by atoms with E-state index in [2.05, 4.69) is 27.0 Å². The summed E-state index contributed by atoms with van der Waals surface area (Å²) in [6.07, 6.45) is 4.78. The van der Waals surface area contributed by atoms with Gasteiger partial charge in [0.15, 0.2) is 0 Å². The molecule has 1 aliphatic heterocycles. The van der Waals surface area contributed by atoms with Crippen LogP contribution in [-0.4, -0.2) is 29.2 Å². The van der Waals surface area contributed by atoms with E-state index in [-0.39, 0.29) is 0 Å². The van der Waals surface area contributed by atoms with Crippen LogP contribution in [0, 0.1) is 0 Å². The van der Waals surface area contributed by atoms with Gasteiger partial charge < -0.3 is 14.6 Å². The van der Waals surface area contributed by atoms with Gasteiger partial charge >= 0.3 is 0 Å². The summed E-state index contributed by atoms with van der Waals surface area (Å²) in [5, 5.41) is 3.50. The molecule has 0 aliphatic carbocycles. The molecule has 4 nitrogen and oxygen atoms in total. The quantitative estimate of drug-likeness (QED) is 0.829. The number of benzene rings is 1. The summed E-state index contributed by atoms with van der Waals surface area (Å²) in [5.74, 6) is 2.63. The van der Waals surface area contributed by atoms with E-state index in [9.17, 15) is 0 Å². The Hall–Kier alpha value is -1.81. The van der Waals surface area contributed by atoms with Gasteiger partial charge in [-0.1, -0.05) is 18.2 Å². The molecule has 0 fully saturated rings. The van der Waals surface area contributed by atoms with Gasteiger partial charge in [-0.25, -0.2) is 4.98 Å². The highest BCUT2D eigenvalue weighted by atomic mass is 16.5. The predicted octanol–water partition coefficient (Wildman–Crippen LogP) is 1.73. The van der Waals surface area contributed by atoms with E-state index >= 15 is 0 Å². The van der Waals surface area contributed by atoms with E-state index in [1.54, 1.807) is 0 Å². The van der Waals surface area contributed by atoms with Crippen molar-refractivity contribution >= 4 is 0 Å².